The number of ether oxygens (including phenoxy) is 1. The third-order valence-electron chi connectivity index (χ3n) is 5.64. The molecular formula is C24H27Cl3N2O3. The summed E-state index contributed by atoms with van der Waals surface area (Å²) >= 11 is 18.3. The molecule has 0 aliphatic heterocycles. The Morgan fingerprint density at radius 2 is 1.75 bits per heavy atom. The van der Waals surface area contributed by atoms with Crippen molar-refractivity contribution >= 4 is 46.6 Å². The Morgan fingerprint density at radius 1 is 1.03 bits per heavy atom. The molecule has 0 bridgehead atoms. The first-order chi connectivity index (χ1) is 15.3. The van der Waals surface area contributed by atoms with E-state index in [1.807, 2.05) is 0 Å². The Hall–Kier alpha value is -1.95. The largest absolute Gasteiger partial charge is 0.482 e. The van der Waals surface area contributed by atoms with Gasteiger partial charge >= 0.3 is 0 Å². The van der Waals surface area contributed by atoms with Crippen LogP contribution in [-0.2, 0) is 16.1 Å². The van der Waals surface area contributed by atoms with Crippen LogP contribution in [0.4, 0.5) is 0 Å². The lowest BCUT2D eigenvalue weighted by Gasteiger charge is -2.31. The van der Waals surface area contributed by atoms with Gasteiger partial charge in [-0.3, -0.25) is 9.59 Å². The molecule has 0 saturated heterocycles. The monoisotopic (exact) mass is 496 g/mol. The Kier molecular flexibility index (Phi) is 9.09. The van der Waals surface area contributed by atoms with Gasteiger partial charge in [0.25, 0.3) is 5.91 Å². The van der Waals surface area contributed by atoms with Crippen molar-refractivity contribution in [2.24, 2.45) is 0 Å². The molecule has 32 heavy (non-hydrogen) atoms. The van der Waals surface area contributed by atoms with E-state index < -0.39 is 6.04 Å². The van der Waals surface area contributed by atoms with Gasteiger partial charge < -0.3 is 15.0 Å². The first-order valence-electron chi connectivity index (χ1n) is 10.8. The van der Waals surface area contributed by atoms with Crippen molar-refractivity contribution in [1.82, 2.24) is 10.2 Å². The highest BCUT2D eigenvalue weighted by Gasteiger charge is 2.28. The quantitative estimate of drug-likeness (QED) is 0.494. The van der Waals surface area contributed by atoms with Gasteiger partial charge in [-0.25, -0.2) is 0 Å². The van der Waals surface area contributed by atoms with E-state index in [1.54, 1.807) is 49.4 Å². The zero-order valence-electron chi connectivity index (χ0n) is 18.0. The minimum atomic E-state index is -0.686. The molecule has 0 heterocycles. The van der Waals surface area contributed by atoms with E-state index in [-0.39, 0.29) is 31.0 Å². The predicted octanol–water partition coefficient (Wildman–Crippen LogP) is 5.89. The fraction of sp³-hybridized carbons (Fsp3) is 0.417. The summed E-state index contributed by atoms with van der Waals surface area (Å²) in [5.74, 6) is -0.0957. The lowest BCUT2D eigenvalue weighted by atomic mass is 9.95. The first-order valence-corrected chi connectivity index (χ1v) is 11.9. The summed E-state index contributed by atoms with van der Waals surface area (Å²) < 4.78 is 5.64. The summed E-state index contributed by atoms with van der Waals surface area (Å²) in [6.45, 7) is 1.68. The summed E-state index contributed by atoms with van der Waals surface area (Å²) in [5.41, 5.74) is 0.766. The van der Waals surface area contributed by atoms with Crippen LogP contribution >= 0.6 is 34.8 Å². The molecule has 2 amide bonds. The number of carbonyl (C=O) groups is 2. The molecule has 8 heteroatoms. The number of nitrogens with one attached hydrogen (secondary N) is 1. The highest BCUT2D eigenvalue weighted by molar-refractivity contribution is 6.42. The molecule has 1 atom stereocenters. The van der Waals surface area contributed by atoms with E-state index in [1.165, 1.54) is 11.3 Å². The molecule has 172 valence electrons. The molecule has 2 aromatic rings. The first kappa shape index (κ1) is 24.7. The zero-order valence-corrected chi connectivity index (χ0v) is 20.2. The number of rotatable bonds is 8. The number of hydrogen-bond acceptors (Lipinski definition) is 3. The number of benzene rings is 2. The van der Waals surface area contributed by atoms with Gasteiger partial charge in [0.15, 0.2) is 6.61 Å². The van der Waals surface area contributed by atoms with Crippen LogP contribution < -0.4 is 10.1 Å². The average Bonchev–Trinajstić information content (AvgIpc) is 2.79. The van der Waals surface area contributed by atoms with Crippen LogP contribution in [0, 0.1) is 0 Å². The molecule has 1 aliphatic carbocycles. The molecule has 0 unspecified atom stereocenters. The van der Waals surface area contributed by atoms with Crippen LogP contribution in [0.25, 0.3) is 0 Å². The summed E-state index contributed by atoms with van der Waals surface area (Å²) in [6.07, 6.45) is 5.35. The molecule has 2 aromatic carbocycles. The van der Waals surface area contributed by atoms with Crippen molar-refractivity contribution in [3.8, 4) is 5.75 Å². The normalized spacial score (nSPS) is 15.1. The minimum absolute atomic E-state index is 0.153. The van der Waals surface area contributed by atoms with Crippen LogP contribution in [0.3, 0.4) is 0 Å². The highest BCUT2D eigenvalue weighted by atomic mass is 35.5. The van der Waals surface area contributed by atoms with Crippen LogP contribution in [0.1, 0.15) is 44.6 Å². The molecular weight excluding hydrogens is 471 g/mol. The van der Waals surface area contributed by atoms with Crippen LogP contribution in [0.5, 0.6) is 5.75 Å². The fourth-order valence-electron chi connectivity index (χ4n) is 3.77. The smallest absolute Gasteiger partial charge is 0.261 e. The van der Waals surface area contributed by atoms with E-state index >= 15 is 0 Å². The molecule has 0 radical (unpaired) electrons. The minimum Gasteiger partial charge on any atom is -0.482 e. The zero-order chi connectivity index (χ0) is 23.1. The second-order valence-corrected chi connectivity index (χ2v) is 9.23. The summed E-state index contributed by atoms with van der Waals surface area (Å²) in [5, 5.41) is 4.34. The van der Waals surface area contributed by atoms with Gasteiger partial charge in [-0.2, -0.15) is 0 Å². The molecule has 3 rings (SSSR count). The Morgan fingerprint density at radius 3 is 2.44 bits per heavy atom. The Bertz CT molecular complexity index is 948. The van der Waals surface area contributed by atoms with Gasteiger partial charge in [0, 0.05) is 12.6 Å². The fourth-order valence-corrected chi connectivity index (χ4v) is 4.28. The molecule has 1 fully saturated rings. The maximum atomic E-state index is 13.1. The van der Waals surface area contributed by atoms with E-state index in [2.05, 4.69) is 5.32 Å². The van der Waals surface area contributed by atoms with Gasteiger partial charge in [-0.1, -0.05) is 72.3 Å². The van der Waals surface area contributed by atoms with Gasteiger partial charge in [0.2, 0.25) is 5.91 Å². The number of hydrogen-bond donors (Lipinski definition) is 1. The second-order valence-electron chi connectivity index (χ2n) is 8.01. The number of nitrogens with zero attached hydrogens (tertiary/aromatic N) is 1. The third-order valence-corrected chi connectivity index (χ3v) is 6.69. The molecule has 1 N–H and O–H groups in total. The molecule has 1 saturated carbocycles. The van der Waals surface area contributed by atoms with E-state index in [0.717, 1.165) is 31.2 Å². The molecule has 0 aromatic heterocycles. The maximum Gasteiger partial charge on any atom is 0.261 e. The highest BCUT2D eigenvalue weighted by Crippen LogP contribution is 2.25. The lowest BCUT2D eigenvalue weighted by Crippen LogP contribution is -2.51. The van der Waals surface area contributed by atoms with Crippen molar-refractivity contribution in [3.05, 3.63) is 63.1 Å². The van der Waals surface area contributed by atoms with E-state index in [9.17, 15) is 9.59 Å². The molecule has 0 spiro atoms. The van der Waals surface area contributed by atoms with Crippen molar-refractivity contribution in [3.63, 3.8) is 0 Å². The van der Waals surface area contributed by atoms with E-state index in [4.69, 9.17) is 39.5 Å². The average molecular weight is 498 g/mol. The topological polar surface area (TPSA) is 58.6 Å². The SMILES string of the molecule is C[C@H](C(=O)NC1CCCCC1)N(Cc1ccc(Cl)c(Cl)c1)C(=O)COc1ccccc1Cl. The number of amides is 2. The molecule has 5 nitrogen and oxygen atoms in total. The second kappa shape index (κ2) is 11.8. The summed E-state index contributed by atoms with van der Waals surface area (Å²) in [6, 6.07) is 11.6. The van der Waals surface area contributed by atoms with Crippen LogP contribution in [-0.4, -0.2) is 35.4 Å². The van der Waals surface area contributed by atoms with Gasteiger partial charge in [-0.05, 0) is 49.6 Å². The van der Waals surface area contributed by atoms with Gasteiger partial charge in [-0.15, -0.1) is 0 Å². The van der Waals surface area contributed by atoms with Crippen molar-refractivity contribution in [2.45, 2.75) is 57.7 Å². The van der Waals surface area contributed by atoms with Gasteiger partial charge in [0.05, 0.1) is 15.1 Å². The number of para-hydroxylation sites is 1. The summed E-state index contributed by atoms with van der Waals surface area (Å²) in [7, 11) is 0. The van der Waals surface area contributed by atoms with Crippen molar-refractivity contribution in [1.29, 1.82) is 0 Å². The number of halogens is 3. The van der Waals surface area contributed by atoms with Crippen molar-refractivity contribution < 1.29 is 14.3 Å². The number of carbonyl (C=O) groups excluding carboxylic acids is 2. The van der Waals surface area contributed by atoms with Crippen LogP contribution in [0.15, 0.2) is 42.5 Å². The third kappa shape index (κ3) is 6.77. The van der Waals surface area contributed by atoms with E-state index in [0.29, 0.717) is 20.8 Å². The summed E-state index contributed by atoms with van der Waals surface area (Å²) in [4.78, 5) is 27.6. The van der Waals surface area contributed by atoms with Crippen LogP contribution in [0.2, 0.25) is 15.1 Å². The van der Waals surface area contributed by atoms with Gasteiger partial charge in [0.1, 0.15) is 11.8 Å². The molecule has 1 aliphatic rings. The Balaban J connectivity index is 1.74. The Labute approximate surface area is 204 Å². The van der Waals surface area contributed by atoms with Crippen molar-refractivity contribution in [2.75, 3.05) is 6.61 Å². The maximum absolute atomic E-state index is 13.1. The lowest BCUT2D eigenvalue weighted by molar-refractivity contribution is -0.142. The predicted molar refractivity (Wildman–Crippen MR) is 128 cm³/mol. The standard InChI is InChI=1S/C24H27Cl3N2O3/c1-16(24(31)28-18-7-3-2-4-8-18)29(14-17-11-12-19(25)21(27)13-17)23(30)15-32-22-10-6-5-9-20(22)26/h5-6,9-13,16,18H,2-4,7-8,14-15H2,1H3,(H,28,31)/t16-/m1/s1.